The molecule has 0 bridgehead atoms. The highest BCUT2D eigenvalue weighted by Gasteiger charge is 1.93. The molecular formula is C14H32N6O2. The van der Waals surface area contributed by atoms with Crippen molar-refractivity contribution >= 4 is 11.9 Å². The summed E-state index contributed by atoms with van der Waals surface area (Å²) in [7, 11) is 3.31. The standard InChI is InChI=1S/C14H32N6O2/c1-21-11-9-19-13(15)17-7-5-3-4-6-8-18-14(16)20-10-12-22-2/h3-12H2,1-2H3,(H3,15,17,19)(H3,16,18,20). The normalized spacial score (nSPS) is 12.5. The summed E-state index contributed by atoms with van der Waals surface area (Å²) in [4.78, 5) is 8.48. The smallest absolute Gasteiger partial charge is 0.188 e. The fourth-order valence-electron chi connectivity index (χ4n) is 1.65. The van der Waals surface area contributed by atoms with Crippen LogP contribution in [0.5, 0.6) is 0 Å². The fourth-order valence-corrected chi connectivity index (χ4v) is 1.65. The SMILES string of the molecule is COCCNC(N)=NCCCCCCN=C(N)NCCOC. The summed E-state index contributed by atoms with van der Waals surface area (Å²) >= 11 is 0. The van der Waals surface area contributed by atoms with Gasteiger partial charge in [-0.15, -0.1) is 0 Å². The Bertz CT molecular complexity index is 280. The molecule has 0 aromatic rings. The van der Waals surface area contributed by atoms with Crippen molar-refractivity contribution < 1.29 is 9.47 Å². The van der Waals surface area contributed by atoms with Gasteiger partial charge in [-0.25, -0.2) is 0 Å². The van der Waals surface area contributed by atoms with Crippen molar-refractivity contribution in [3.63, 3.8) is 0 Å². The molecule has 6 N–H and O–H groups in total. The third-order valence-electron chi connectivity index (χ3n) is 2.86. The number of hydrogen-bond donors (Lipinski definition) is 4. The molecule has 0 saturated carbocycles. The molecule has 0 heterocycles. The van der Waals surface area contributed by atoms with Gasteiger partial charge < -0.3 is 31.6 Å². The van der Waals surface area contributed by atoms with E-state index in [1.165, 1.54) is 0 Å². The molecule has 0 rings (SSSR count). The van der Waals surface area contributed by atoms with Crippen molar-refractivity contribution in [2.45, 2.75) is 25.7 Å². The van der Waals surface area contributed by atoms with Gasteiger partial charge in [-0.2, -0.15) is 0 Å². The highest BCUT2D eigenvalue weighted by Crippen LogP contribution is 2.00. The van der Waals surface area contributed by atoms with Crippen LogP contribution in [0.3, 0.4) is 0 Å². The minimum absolute atomic E-state index is 0.483. The van der Waals surface area contributed by atoms with Crippen molar-refractivity contribution in [1.82, 2.24) is 10.6 Å². The quantitative estimate of drug-likeness (QED) is 0.209. The largest absolute Gasteiger partial charge is 0.383 e. The van der Waals surface area contributed by atoms with Crippen LogP contribution in [-0.2, 0) is 9.47 Å². The molecule has 0 spiro atoms. The summed E-state index contributed by atoms with van der Waals surface area (Å²) in [5.41, 5.74) is 11.4. The first-order valence-corrected chi connectivity index (χ1v) is 7.76. The second-order valence-electron chi connectivity index (χ2n) is 4.79. The monoisotopic (exact) mass is 316 g/mol. The number of ether oxygens (including phenoxy) is 2. The molecule has 0 fully saturated rings. The molecule has 0 aliphatic carbocycles. The van der Waals surface area contributed by atoms with Crippen LogP contribution in [0.1, 0.15) is 25.7 Å². The summed E-state index contributed by atoms with van der Waals surface area (Å²) in [5, 5.41) is 5.97. The zero-order valence-electron chi connectivity index (χ0n) is 13.9. The summed E-state index contributed by atoms with van der Waals surface area (Å²) in [5.74, 6) is 0.966. The number of aliphatic imine (C=N–C) groups is 2. The molecule has 0 atom stereocenters. The van der Waals surface area contributed by atoms with E-state index in [1.54, 1.807) is 14.2 Å². The maximum absolute atomic E-state index is 5.70. The molecule has 0 radical (unpaired) electrons. The lowest BCUT2D eigenvalue weighted by atomic mass is 10.2. The fraction of sp³-hybridized carbons (Fsp3) is 0.857. The lowest BCUT2D eigenvalue weighted by molar-refractivity contribution is 0.204. The van der Waals surface area contributed by atoms with E-state index >= 15 is 0 Å². The van der Waals surface area contributed by atoms with E-state index in [9.17, 15) is 0 Å². The van der Waals surface area contributed by atoms with Crippen LogP contribution >= 0.6 is 0 Å². The number of hydrogen-bond acceptors (Lipinski definition) is 4. The van der Waals surface area contributed by atoms with E-state index in [4.69, 9.17) is 20.9 Å². The first-order chi connectivity index (χ1) is 10.7. The summed E-state index contributed by atoms with van der Waals surface area (Å²) < 4.78 is 9.83. The Kier molecular flexibility index (Phi) is 14.7. The van der Waals surface area contributed by atoms with E-state index in [0.717, 1.165) is 38.8 Å². The Morgan fingerprint density at radius 2 is 1.18 bits per heavy atom. The van der Waals surface area contributed by atoms with Gasteiger partial charge in [0.1, 0.15) is 0 Å². The first-order valence-electron chi connectivity index (χ1n) is 7.76. The van der Waals surface area contributed by atoms with Crippen molar-refractivity contribution in [3.8, 4) is 0 Å². The average molecular weight is 316 g/mol. The van der Waals surface area contributed by atoms with Crippen molar-refractivity contribution in [1.29, 1.82) is 0 Å². The Hall–Kier alpha value is -1.54. The lowest BCUT2D eigenvalue weighted by Gasteiger charge is -2.05. The molecule has 0 saturated heterocycles. The Labute approximate surface area is 133 Å². The van der Waals surface area contributed by atoms with Gasteiger partial charge >= 0.3 is 0 Å². The van der Waals surface area contributed by atoms with Crippen LogP contribution < -0.4 is 22.1 Å². The molecule has 8 nitrogen and oxygen atoms in total. The molecule has 22 heavy (non-hydrogen) atoms. The topological polar surface area (TPSA) is 119 Å². The van der Waals surface area contributed by atoms with Gasteiger partial charge in [0, 0.05) is 40.4 Å². The zero-order valence-corrected chi connectivity index (χ0v) is 13.9. The molecule has 0 aliphatic heterocycles. The maximum atomic E-state index is 5.70. The predicted molar refractivity (Wildman–Crippen MR) is 91.2 cm³/mol. The number of guanidine groups is 2. The van der Waals surface area contributed by atoms with Gasteiger partial charge in [-0.1, -0.05) is 12.8 Å². The Balaban J connectivity index is 3.42. The molecule has 0 amide bonds. The number of nitrogens with zero attached hydrogens (tertiary/aromatic N) is 2. The average Bonchev–Trinajstić information content (AvgIpc) is 2.50. The number of methoxy groups -OCH3 is 2. The van der Waals surface area contributed by atoms with E-state index in [0.29, 0.717) is 38.2 Å². The van der Waals surface area contributed by atoms with Gasteiger partial charge in [0.05, 0.1) is 13.2 Å². The Morgan fingerprint density at radius 1 is 0.773 bits per heavy atom. The van der Waals surface area contributed by atoms with Crippen LogP contribution in [0.15, 0.2) is 9.98 Å². The highest BCUT2D eigenvalue weighted by atomic mass is 16.5. The minimum atomic E-state index is 0.483. The van der Waals surface area contributed by atoms with Crippen LogP contribution in [-0.4, -0.2) is 65.5 Å². The van der Waals surface area contributed by atoms with E-state index in [2.05, 4.69) is 20.6 Å². The number of rotatable bonds is 13. The van der Waals surface area contributed by atoms with E-state index in [1.807, 2.05) is 0 Å². The Morgan fingerprint density at radius 3 is 1.55 bits per heavy atom. The van der Waals surface area contributed by atoms with Gasteiger partial charge in [0.25, 0.3) is 0 Å². The van der Waals surface area contributed by atoms with Gasteiger partial charge in [0.15, 0.2) is 11.9 Å². The van der Waals surface area contributed by atoms with E-state index in [-0.39, 0.29) is 0 Å². The van der Waals surface area contributed by atoms with Gasteiger partial charge in [-0.05, 0) is 12.8 Å². The number of nitrogens with one attached hydrogen (secondary N) is 2. The summed E-state index contributed by atoms with van der Waals surface area (Å²) in [6.45, 7) is 4.11. The van der Waals surface area contributed by atoms with Crippen LogP contribution in [0.2, 0.25) is 0 Å². The third-order valence-corrected chi connectivity index (χ3v) is 2.86. The molecular weight excluding hydrogens is 284 g/mol. The molecule has 130 valence electrons. The van der Waals surface area contributed by atoms with Gasteiger partial charge in [-0.3, -0.25) is 9.98 Å². The van der Waals surface area contributed by atoms with Gasteiger partial charge in [0.2, 0.25) is 0 Å². The molecule has 8 heteroatoms. The minimum Gasteiger partial charge on any atom is -0.383 e. The number of nitrogens with two attached hydrogens (primary N) is 2. The van der Waals surface area contributed by atoms with Crippen LogP contribution in [0.4, 0.5) is 0 Å². The second kappa shape index (κ2) is 15.8. The first kappa shape index (κ1) is 20.5. The second-order valence-corrected chi connectivity index (χ2v) is 4.79. The summed E-state index contributed by atoms with van der Waals surface area (Å²) in [6.07, 6.45) is 4.28. The van der Waals surface area contributed by atoms with Crippen molar-refractivity contribution in [2.75, 3.05) is 53.6 Å². The number of unbranched alkanes of at least 4 members (excludes halogenated alkanes) is 3. The molecule has 0 aromatic carbocycles. The maximum Gasteiger partial charge on any atom is 0.188 e. The van der Waals surface area contributed by atoms with Crippen LogP contribution in [0.25, 0.3) is 0 Å². The molecule has 0 aromatic heterocycles. The predicted octanol–water partition coefficient (Wildman–Crippen LogP) is -0.352. The van der Waals surface area contributed by atoms with Crippen LogP contribution in [0, 0.1) is 0 Å². The lowest BCUT2D eigenvalue weighted by Crippen LogP contribution is -2.34. The zero-order chi connectivity index (χ0) is 16.5. The molecule has 0 unspecified atom stereocenters. The van der Waals surface area contributed by atoms with Crippen molar-refractivity contribution in [3.05, 3.63) is 0 Å². The van der Waals surface area contributed by atoms with Crippen molar-refractivity contribution in [2.24, 2.45) is 21.5 Å². The highest BCUT2D eigenvalue weighted by molar-refractivity contribution is 5.78. The third kappa shape index (κ3) is 14.9. The summed E-state index contributed by atoms with van der Waals surface area (Å²) in [6, 6.07) is 0. The molecule has 0 aliphatic rings. The van der Waals surface area contributed by atoms with E-state index < -0.39 is 0 Å².